The molecule has 4 N–H and O–H groups in total. The lowest BCUT2D eigenvalue weighted by Crippen LogP contribution is -1.85. The van der Waals surface area contributed by atoms with E-state index in [0.717, 1.165) is 7.11 Å². The molecule has 0 aliphatic heterocycles. The van der Waals surface area contributed by atoms with E-state index in [2.05, 4.69) is 0 Å². The van der Waals surface area contributed by atoms with Gasteiger partial charge in [0, 0.05) is 13.2 Å². The highest BCUT2D eigenvalue weighted by atomic mass is 35.6. The highest BCUT2D eigenvalue weighted by Crippen LogP contribution is 2.03. The van der Waals surface area contributed by atoms with Crippen LogP contribution in [0, 0.1) is 0 Å². The summed E-state index contributed by atoms with van der Waals surface area (Å²) in [6.45, 7) is 3.44. The van der Waals surface area contributed by atoms with Crippen molar-refractivity contribution in [2.45, 2.75) is 24.2 Å². The maximum absolute atomic E-state index is 8.06. The first kappa shape index (κ1) is 22.6. The van der Waals surface area contributed by atoms with Crippen LogP contribution in [0.3, 0.4) is 0 Å². The Labute approximate surface area is 82.2 Å². The van der Waals surface area contributed by atoms with Gasteiger partial charge in [0.25, 0.3) is 0 Å². The Balaban J connectivity index is -0.0000000339. The average molecular weight is 230 g/mol. The molecule has 0 bridgehead atoms. The van der Waals surface area contributed by atoms with Crippen molar-refractivity contribution in [1.29, 1.82) is 0 Å². The third-order valence-electron chi connectivity index (χ3n) is 0. The molecule has 0 aliphatic rings. The molecule has 0 saturated carbocycles. The zero-order valence-corrected chi connectivity index (χ0v) is 8.95. The van der Waals surface area contributed by atoms with Gasteiger partial charge < -0.3 is 15.7 Å². The molecule has 0 radical (unpaired) electrons. The molecule has 0 atom stereocenters. The second kappa shape index (κ2) is 22.4. The van der Waals surface area contributed by atoms with Gasteiger partial charge >= 0.3 is 0 Å². The van der Waals surface area contributed by atoms with Gasteiger partial charge in [-0.25, -0.2) is 0 Å². The van der Waals surface area contributed by atoms with Crippen molar-refractivity contribution < 1.29 is 15.7 Å². The molecule has 0 rings (SSSR count). The number of alkyl halides is 3. The van der Waals surface area contributed by atoms with E-state index in [-0.39, 0.29) is 11.6 Å². The fraction of sp³-hybridized carbons (Fsp3) is 1.00. The molecule has 0 saturated heterocycles. The number of hydrogen-bond acceptors (Lipinski definition) is 2. The van der Waals surface area contributed by atoms with Gasteiger partial charge in [0.15, 0.2) is 4.30 Å². The van der Waals surface area contributed by atoms with Gasteiger partial charge in [0.2, 0.25) is 0 Å². The number of hydrogen-bond donors (Lipinski definition) is 2. The summed E-state index contributed by atoms with van der Waals surface area (Å²) in [6.07, 6.45) is -0.167. The number of rotatable bonds is 0. The van der Waals surface area contributed by atoms with Crippen molar-refractivity contribution >= 4 is 34.8 Å². The summed E-state index contributed by atoms with van der Waals surface area (Å²) < 4.78 is -0.750. The van der Waals surface area contributed by atoms with Gasteiger partial charge in [0.1, 0.15) is 0 Å². The molecule has 74 valence electrons. The Morgan fingerprint density at radius 3 is 1.00 bits per heavy atom. The first-order valence-electron chi connectivity index (χ1n) is 2.51. The van der Waals surface area contributed by atoms with Gasteiger partial charge in [-0.1, -0.05) is 34.8 Å². The summed E-state index contributed by atoms with van der Waals surface area (Å²) in [4.78, 5) is 0. The van der Waals surface area contributed by atoms with Crippen LogP contribution >= 0.6 is 34.8 Å². The van der Waals surface area contributed by atoms with Crippen molar-refractivity contribution in [3.63, 3.8) is 0 Å². The number of aliphatic hydroxyl groups is 2. The largest absolute Gasteiger partial charge is 0.412 e. The third-order valence-corrected chi connectivity index (χ3v) is 0. The number of aliphatic hydroxyl groups excluding tert-OH is 2. The predicted octanol–water partition coefficient (Wildman–Crippen LogP) is 1.16. The summed E-state index contributed by atoms with van der Waals surface area (Å²) >= 11 is 14.4. The van der Waals surface area contributed by atoms with Crippen molar-refractivity contribution in [3.8, 4) is 0 Å². The van der Waals surface area contributed by atoms with E-state index in [4.69, 9.17) is 45.0 Å². The molecule has 0 spiro atoms. The van der Waals surface area contributed by atoms with Crippen molar-refractivity contribution in [2.24, 2.45) is 0 Å². The molecule has 0 amide bonds. The third kappa shape index (κ3) is 1460. The quantitative estimate of drug-likeness (QED) is 0.612. The van der Waals surface area contributed by atoms with E-state index in [1.807, 2.05) is 0 Å². The average Bonchev–Trinajstić information content (AvgIpc) is 1.66. The molecule has 0 fully saturated rings. The van der Waals surface area contributed by atoms with Crippen LogP contribution in [-0.4, -0.2) is 33.2 Å². The molecule has 0 aliphatic carbocycles. The molecule has 0 unspecified atom stereocenters. The van der Waals surface area contributed by atoms with Gasteiger partial charge in [-0.3, -0.25) is 0 Å². The monoisotopic (exact) mass is 228 g/mol. The van der Waals surface area contributed by atoms with E-state index < -0.39 is 4.30 Å². The van der Waals surface area contributed by atoms with Gasteiger partial charge in [0.05, 0.1) is 0 Å². The van der Waals surface area contributed by atoms with Crippen LogP contribution in [0.2, 0.25) is 0 Å². The summed E-state index contributed by atoms with van der Waals surface area (Å²) in [5.74, 6) is 0. The molecular weight excluding hydrogens is 214 g/mol. The molecule has 0 aromatic carbocycles. The molecule has 3 nitrogen and oxygen atoms in total. The van der Waals surface area contributed by atoms with E-state index >= 15 is 0 Å². The molecular formula is C5H15Cl3O3. The van der Waals surface area contributed by atoms with Crippen LogP contribution in [-0.2, 0) is 0 Å². The zero-order valence-electron chi connectivity index (χ0n) is 6.68. The fourth-order valence-corrected chi connectivity index (χ4v) is 0. The summed E-state index contributed by atoms with van der Waals surface area (Å²) in [5, 5.41) is 15.1. The predicted molar refractivity (Wildman–Crippen MR) is 50.5 cm³/mol. The Morgan fingerprint density at radius 1 is 1.00 bits per heavy atom. The molecule has 6 heteroatoms. The minimum absolute atomic E-state index is 0. The normalized spacial score (nSPS) is 7.09. The van der Waals surface area contributed by atoms with Crippen molar-refractivity contribution in [2.75, 3.05) is 7.11 Å². The minimum Gasteiger partial charge on any atom is -0.412 e. The molecule has 0 heterocycles. The standard InChI is InChI=1S/C3H8O.CHCl3.CH4O.H2O/c1-3(2)4;2-1(3)4;1-2;/h3-4H,1-2H3;1H;2H,1H3;1H2. The van der Waals surface area contributed by atoms with E-state index in [0.29, 0.717) is 0 Å². The maximum atomic E-state index is 8.06. The highest BCUT2D eigenvalue weighted by molar-refractivity contribution is 6.63. The topological polar surface area (TPSA) is 72.0 Å². The van der Waals surface area contributed by atoms with E-state index in [1.54, 1.807) is 13.8 Å². The molecule has 0 aromatic rings. The SMILES string of the molecule is CC(C)O.CO.ClC(Cl)Cl.O. The van der Waals surface area contributed by atoms with Crippen LogP contribution in [0.1, 0.15) is 13.8 Å². The Bertz CT molecular complexity index is 32.4. The van der Waals surface area contributed by atoms with Gasteiger partial charge in [-0.2, -0.15) is 0 Å². The second-order valence-corrected chi connectivity index (χ2v) is 3.32. The van der Waals surface area contributed by atoms with Crippen LogP contribution in [0.4, 0.5) is 0 Å². The van der Waals surface area contributed by atoms with Crippen LogP contribution in [0.15, 0.2) is 0 Å². The van der Waals surface area contributed by atoms with Gasteiger partial charge in [-0.05, 0) is 13.8 Å². The first-order chi connectivity index (χ1) is 4.46. The van der Waals surface area contributed by atoms with E-state index in [9.17, 15) is 0 Å². The van der Waals surface area contributed by atoms with Crippen LogP contribution in [0.5, 0.6) is 0 Å². The van der Waals surface area contributed by atoms with E-state index in [1.165, 1.54) is 0 Å². The molecule has 0 aromatic heterocycles. The Hall–Kier alpha value is 0.750. The fourth-order valence-electron chi connectivity index (χ4n) is 0. The number of halogens is 3. The Kier molecular flexibility index (Phi) is 46.1. The minimum atomic E-state index is -0.750. The zero-order chi connectivity index (χ0) is 9.15. The lowest BCUT2D eigenvalue weighted by Gasteiger charge is -1.80. The lowest BCUT2D eigenvalue weighted by molar-refractivity contribution is 0.216. The van der Waals surface area contributed by atoms with Crippen molar-refractivity contribution in [1.82, 2.24) is 0 Å². The second-order valence-electron chi connectivity index (χ2n) is 1.34. The highest BCUT2D eigenvalue weighted by Gasteiger charge is 1.78. The van der Waals surface area contributed by atoms with Crippen LogP contribution in [0.25, 0.3) is 0 Å². The summed E-state index contributed by atoms with van der Waals surface area (Å²) in [7, 11) is 1.00. The van der Waals surface area contributed by atoms with Gasteiger partial charge in [-0.15, -0.1) is 0 Å². The molecule has 11 heavy (non-hydrogen) atoms. The Morgan fingerprint density at radius 2 is 1.00 bits per heavy atom. The first-order valence-corrected chi connectivity index (χ1v) is 3.82. The summed E-state index contributed by atoms with van der Waals surface area (Å²) in [5.41, 5.74) is 0. The smallest absolute Gasteiger partial charge is 0.180 e. The van der Waals surface area contributed by atoms with Crippen LogP contribution < -0.4 is 0 Å². The summed E-state index contributed by atoms with van der Waals surface area (Å²) in [6, 6.07) is 0. The van der Waals surface area contributed by atoms with Crippen molar-refractivity contribution in [3.05, 3.63) is 0 Å². The lowest BCUT2D eigenvalue weighted by atomic mass is 10.5. The maximum Gasteiger partial charge on any atom is 0.180 e.